The van der Waals surface area contributed by atoms with Gasteiger partial charge >= 0.3 is 6.18 Å². The van der Waals surface area contributed by atoms with E-state index < -0.39 is 11.7 Å². The lowest BCUT2D eigenvalue weighted by Crippen LogP contribution is -2.18. The Morgan fingerprint density at radius 2 is 1.94 bits per heavy atom. The van der Waals surface area contributed by atoms with E-state index in [-0.39, 0.29) is 0 Å². The molecule has 0 radical (unpaired) electrons. The Kier molecular flexibility index (Phi) is 3.59. The third kappa shape index (κ3) is 3.03. The molecule has 0 saturated carbocycles. The molecule has 1 fully saturated rings. The number of carbonyl (C=O) groups excluding carboxylic acids is 1. The zero-order valence-electron chi connectivity index (χ0n) is 9.78. The van der Waals surface area contributed by atoms with E-state index in [0.717, 1.165) is 43.5 Å². The molecular formula is C13H14F3NO. The molecule has 2 rings (SSSR count). The Labute approximate surface area is 103 Å². The average molecular weight is 257 g/mol. The van der Waals surface area contributed by atoms with Gasteiger partial charge in [-0.3, -0.25) is 4.79 Å². The number of likely N-dealkylation sites (tertiary alicyclic amines) is 1. The summed E-state index contributed by atoms with van der Waals surface area (Å²) in [5.74, 6) is 0.354. The molecule has 1 aromatic carbocycles. The minimum atomic E-state index is -4.28. The molecule has 18 heavy (non-hydrogen) atoms. The zero-order valence-corrected chi connectivity index (χ0v) is 9.78. The molecule has 0 N–H and O–H groups in total. The first kappa shape index (κ1) is 12.9. The quantitative estimate of drug-likeness (QED) is 0.762. The fraction of sp³-hybridized carbons (Fsp3) is 0.462. The molecule has 1 atom stereocenters. The van der Waals surface area contributed by atoms with Crippen LogP contribution in [-0.2, 0) is 17.4 Å². The Balaban J connectivity index is 1.97. The molecule has 1 aliphatic rings. The highest BCUT2D eigenvalue weighted by atomic mass is 19.4. The van der Waals surface area contributed by atoms with Crippen molar-refractivity contribution in [2.24, 2.45) is 5.92 Å². The SMILES string of the molecule is O=CN1CCC(Cc2ccc(C(F)(F)F)cc2)C1. The van der Waals surface area contributed by atoms with Crippen LogP contribution in [0.5, 0.6) is 0 Å². The van der Waals surface area contributed by atoms with Crippen LogP contribution < -0.4 is 0 Å². The second kappa shape index (κ2) is 5.00. The molecule has 1 aliphatic heterocycles. The van der Waals surface area contributed by atoms with Crippen LogP contribution in [0.1, 0.15) is 17.5 Å². The summed E-state index contributed by atoms with van der Waals surface area (Å²) in [7, 11) is 0. The Hall–Kier alpha value is -1.52. The molecule has 1 saturated heterocycles. The highest BCUT2D eigenvalue weighted by Crippen LogP contribution is 2.29. The van der Waals surface area contributed by atoms with E-state index in [0.29, 0.717) is 12.5 Å². The van der Waals surface area contributed by atoms with Crippen LogP contribution in [0.4, 0.5) is 13.2 Å². The molecular weight excluding hydrogens is 243 g/mol. The number of benzene rings is 1. The molecule has 0 aromatic heterocycles. The lowest BCUT2D eigenvalue weighted by Gasteiger charge is -2.11. The largest absolute Gasteiger partial charge is 0.416 e. The number of carbonyl (C=O) groups is 1. The van der Waals surface area contributed by atoms with Gasteiger partial charge in [0.2, 0.25) is 6.41 Å². The summed E-state index contributed by atoms with van der Waals surface area (Å²) in [6.07, 6.45) is -1.81. The number of amides is 1. The molecule has 2 nitrogen and oxygen atoms in total. The van der Waals surface area contributed by atoms with Crippen molar-refractivity contribution < 1.29 is 18.0 Å². The summed E-state index contributed by atoms with van der Waals surface area (Å²) >= 11 is 0. The van der Waals surface area contributed by atoms with Crippen molar-refractivity contribution in [1.82, 2.24) is 4.90 Å². The molecule has 0 bridgehead atoms. The number of halogens is 3. The van der Waals surface area contributed by atoms with Crippen molar-refractivity contribution >= 4 is 6.41 Å². The van der Waals surface area contributed by atoms with Gasteiger partial charge in [0.25, 0.3) is 0 Å². The van der Waals surface area contributed by atoms with Gasteiger partial charge in [0.1, 0.15) is 0 Å². The smallest absolute Gasteiger partial charge is 0.345 e. The van der Waals surface area contributed by atoms with Crippen LogP contribution in [0.25, 0.3) is 0 Å². The Morgan fingerprint density at radius 1 is 1.28 bits per heavy atom. The summed E-state index contributed by atoms with van der Waals surface area (Å²) in [6.45, 7) is 1.44. The first-order chi connectivity index (χ1) is 8.49. The predicted octanol–water partition coefficient (Wildman–Crippen LogP) is 2.73. The van der Waals surface area contributed by atoms with Crippen molar-refractivity contribution in [2.75, 3.05) is 13.1 Å². The molecule has 1 heterocycles. The highest BCUT2D eigenvalue weighted by Gasteiger charge is 2.30. The molecule has 98 valence electrons. The molecule has 0 aliphatic carbocycles. The molecule has 1 amide bonds. The second-order valence-electron chi connectivity index (χ2n) is 4.65. The van der Waals surface area contributed by atoms with Gasteiger partial charge in [0, 0.05) is 13.1 Å². The van der Waals surface area contributed by atoms with Gasteiger partial charge in [-0.05, 0) is 36.5 Å². The lowest BCUT2D eigenvalue weighted by atomic mass is 9.98. The Bertz CT molecular complexity index is 413. The summed E-state index contributed by atoms with van der Waals surface area (Å²) in [5, 5.41) is 0. The van der Waals surface area contributed by atoms with Crippen molar-refractivity contribution in [3.63, 3.8) is 0 Å². The fourth-order valence-corrected chi connectivity index (χ4v) is 2.29. The van der Waals surface area contributed by atoms with Gasteiger partial charge in [-0.2, -0.15) is 13.2 Å². The van der Waals surface area contributed by atoms with Crippen LogP contribution in [0, 0.1) is 5.92 Å². The highest BCUT2D eigenvalue weighted by molar-refractivity contribution is 5.47. The van der Waals surface area contributed by atoms with Crippen LogP contribution in [0.15, 0.2) is 24.3 Å². The van der Waals surface area contributed by atoms with Crippen LogP contribution in [0.3, 0.4) is 0 Å². The standard InChI is InChI=1S/C13H14F3NO/c14-13(15,16)12-3-1-10(2-4-12)7-11-5-6-17(8-11)9-18/h1-4,9,11H,5-8H2. The van der Waals surface area contributed by atoms with Gasteiger partial charge in [0.05, 0.1) is 5.56 Å². The third-order valence-corrected chi connectivity index (χ3v) is 3.27. The average Bonchev–Trinajstić information content (AvgIpc) is 2.76. The molecule has 5 heteroatoms. The van der Waals surface area contributed by atoms with E-state index in [9.17, 15) is 18.0 Å². The third-order valence-electron chi connectivity index (χ3n) is 3.27. The topological polar surface area (TPSA) is 20.3 Å². The minimum absolute atomic E-state index is 0.354. The van der Waals surface area contributed by atoms with Crippen LogP contribution >= 0.6 is 0 Å². The summed E-state index contributed by atoms with van der Waals surface area (Å²) in [4.78, 5) is 12.3. The number of nitrogens with zero attached hydrogens (tertiary/aromatic N) is 1. The zero-order chi connectivity index (χ0) is 13.2. The normalized spacial score (nSPS) is 20.2. The van der Waals surface area contributed by atoms with Crippen molar-refractivity contribution in [1.29, 1.82) is 0 Å². The lowest BCUT2D eigenvalue weighted by molar-refractivity contribution is -0.137. The van der Waals surface area contributed by atoms with E-state index >= 15 is 0 Å². The predicted molar refractivity (Wildman–Crippen MR) is 60.9 cm³/mol. The maximum absolute atomic E-state index is 12.4. The second-order valence-corrected chi connectivity index (χ2v) is 4.65. The number of hydrogen-bond acceptors (Lipinski definition) is 1. The molecule has 0 spiro atoms. The summed E-state index contributed by atoms with van der Waals surface area (Å²) in [6, 6.07) is 5.27. The summed E-state index contributed by atoms with van der Waals surface area (Å²) < 4.78 is 37.1. The molecule has 1 unspecified atom stereocenters. The Morgan fingerprint density at radius 3 is 2.44 bits per heavy atom. The first-order valence-electron chi connectivity index (χ1n) is 5.84. The number of alkyl halides is 3. The van der Waals surface area contributed by atoms with Crippen molar-refractivity contribution in [3.05, 3.63) is 35.4 Å². The summed E-state index contributed by atoms with van der Waals surface area (Å²) in [5.41, 5.74) is 0.271. The van der Waals surface area contributed by atoms with E-state index in [1.807, 2.05) is 0 Å². The monoisotopic (exact) mass is 257 g/mol. The van der Waals surface area contributed by atoms with Gasteiger partial charge in [-0.25, -0.2) is 0 Å². The van der Waals surface area contributed by atoms with E-state index in [2.05, 4.69) is 0 Å². The maximum atomic E-state index is 12.4. The maximum Gasteiger partial charge on any atom is 0.416 e. The van der Waals surface area contributed by atoms with E-state index in [4.69, 9.17) is 0 Å². The van der Waals surface area contributed by atoms with Gasteiger partial charge < -0.3 is 4.90 Å². The fourth-order valence-electron chi connectivity index (χ4n) is 2.29. The van der Waals surface area contributed by atoms with E-state index in [1.165, 1.54) is 12.1 Å². The first-order valence-corrected chi connectivity index (χ1v) is 5.84. The van der Waals surface area contributed by atoms with Crippen molar-refractivity contribution in [3.8, 4) is 0 Å². The van der Waals surface area contributed by atoms with E-state index in [1.54, 1.807) is 4.90 Å². The molecule has 1 aromatic rings. The van der Waals surface area contributed by atoms with Gasteiger partial charge in [-0.1, -0.05) is 12.1 Å². The number of hydrogen-bond donors (Lipinski definition) is 0. The van der Waals surface area contributed by atoms with Crippen molar-refractivity contribution in [2.45, 2.75) is 19.0 Å². The van der Waals surface area contributed by atoms with Crippen LogP contribution in [0.2, 0.25) is 0 Å². The number of rotatable bonds is 3. The van der Waals surface area contributed by atoms with Gasteiger partial charge in [-0.15, -0.1) is 0 Å². The van der Waals surface area contributed by atoms with Crippen LogP contribution in [-0.4, -0.2) is 24.4 Å². The van der Waals surface area contributed by atoms with Gasteiger partial charge in [0.15, 0.2) is 0 Å². The minimum Gasteiger partial charge on any atom is -0.345 e.